The summed E-state index contributed by atoms with van der Waals surface area (Å²) in [5.41, 5.74) is 0.632. The molecule has 0 aromatic heterocycles. The third-order valence-electron chi connectivity index (χ3n) is 5.44. The minimum atomic E-state index is -3.41. The number of amides is 1. The number of likely N-dealkylation sites (tertiary alicyclic amines) is 1. The van der Waals surface area contributed by atoms with E-state index in [4.69, 9.17) is 0 Å². The first-order chi connectivity index (χ1) is 12.4. The van der Waals surface area contributed by atoms with Gasteiger partial charge in [-0.25, -0.2) is 8.42 Å². The summed E-state index contributed by atoms with van der Waals surface area (Å²) in [4.78, 5) is 15.0. The number of hydrogen-bond acceptors (Lipinski definition) is 4. The number of sulfonamides is 1. The molecule has 0 radical (unpaired) electrons. The Balaban J connectivity index is 1.62. The quantitative estimate of drug-likeness (QED) is 0.853. The lowest BCUT2D eigenvalue weighted by Gasteiger charge is -2.34. The summed E-state index contributed by atoms with van der Waals surface area (Å²) in [5, 5.41) is 2.91. The van der Waals surface area contributed by atoms with Crippen molar-refractivity contribution in [1.82, 2.24) is 9.21 Å². The average molecular weight is 380 g/mol. The van der Waals surface area contributed by atoms with Crippen molar-refractivity contribution in [3.05, 3.63) is 24.3 Å². The van der Waals surface area contributed by atoms with Crippen LogP contribution >= 0.6 is 0 Å². The Morgan fingerprint density at radius 1 is 1.12 bits per heavy atom. The van der Waals surface area contributed by atoms with E-state index in [-0.39, 0.29) is 16.8 Å². The predicted molar refractivity (Wildman–Crippen MR) is 102 cm³/mol. The second kappa shape index (κ2) is 8.06. The van der Waals surface area contributed by atoms with Crippen LogP contribution < -0.4 is 5.32 Å². The van der Waals surface area contributed by atoms with E-state index < -0.39 is 10.0 Å². The molecule has 0 spiro atoms. The number of nitrogens with zero attached hydrogens (tertiary/aromatic N) is 2. The minimum Gasteiger partial charge on any atom is -0.325 e. The van der Waals surface area contributed by atoms with Crippen molar-refractivity contribution >= 4 is 21.6 Å². The van der Waals surface area contributed by atoms with E-state index in [9.17, 15) is 13.2 Å². The summed E-state index contributed by atoms with van der Waals surface area (Å²) in [6.45, 7) is 7.22. The van der Waals surface area contributed by atoms with Crippen LogP contribution in [0.3, 0.4) is 0 Å². The number of benzene rings is 1. The molecule has 1 aromatic rings. The standard InChI is InChI=1S/C19H29N3O3S/c1-15-6-5-11-21(14-15)16(2)19(23)20-17-7-9-18(10-8-17)26(24,25)22-12-3-4-13-22/h7-10,15-16H,3-6,11-14H2,1-2H3,(H,20,23). The Morgan fingerprint density at radius 2 is 1.77 bits per heavy atom. The molecule has 2 heterocycles. The summed E-state index contributed by atoms with van der Waals surface area (Å²) in [7, 11) is -3.41. The Bertz CT molecular complexity index is 727. The number of piperidine rings is 1. The van der Waals surface area contributed by atoms with E-state index in [2.05, 4.69) is 17.1 Å². The third kappa shape index (κ3) is 4.27. The molecule has 26 heavy (non-hydrogen) atoms. The Kier molecular flexibility index (Phi) is 5.99. The van der Waals surface area contributed by atoms with Crippen LogP contribution in [0.1, 0.15) is 39.5 Å². The number of rotatable bonds is 5. The lowest BCUT2D eigenvalue weighted by Crippen LogP contribution is -2.46. The van der Waals surface area contributed by atoms with Gasteiger partial charge in [-0.2, -0.15) is 4.31 Å². The minimum absolute atomic E-state index is 0.0470. The molecule has 2 unspecified atom stereocenters. The van der Waals surface area contributed by atoms with Crippen LogP contribution in [0.25, 0.3) is 0 Å². The number of hydrogen-bond donors (Lipinski definition) is 1. The van der Waals surface area contributed by atoms with Gasteiger partial charge in [-0.1, -0.05) is 6.92 Å². The highest BCUT2D eigenvalue weighted by atomic mass is 32.2. The number of nitrogens with one attached hydrogen (secondary N) is 1. The van der Waals surface area contributed by atoms with Crippen molar-refractivity contribution in [1.29, 1.82) is 0 Å². The van der Waals surface area contributed by atoms with Gasteiger partial charge in [-0.05, 0) is 69.3 Å². The molecule has 2 saturated heterocycles. The lowest BCUT2D eigenvalue weighted by molar-refractivity contribution is -0.121. The molecule has 1 aromatic carbocycles. The number of carbonyl (C=O) groups is 1. The van der Waals surface area contributed by atoms with E-state index >= 15 is 0 Å². The molecule has 6 nitrogen and oxygen atoms in total. The number of carbonyl (C=O) groups excluding carboxylic acids is 1. The van der Waals surface area contributed by atoms with Gasteiger partial charge >= 0.3 is 0 Å². The molecule has 3 rings (SSSR count). The fraction of sp³-hybridized carbons (Fsp3) is 0.632. The second-order valence-electron chi connectivity index (χ2n) is 7.54. The van der Waals surface area contributed by atoms with E-state index in [1.807, 2.05) is 6.92 Å². The van der Waals surface area contributed by atoms with Crippen LogP contribution in [0.5, 0.6) is 0 Å². The Hall–Kier alpha value is -1.44. The van der Waals surface area contributed by atoms with Crippen LogP contribution in [-0.2, 0) is 14.8 Å². The van der Waals surface area contributed by atoms with Crippen LogP contribution in [0.4, 0.5) is 5.69 Å². The highest BCUT2D eigenvalue weighted by Gasteiger charge is 2.28. The molecule has 2 aliphatic heterocycles. The largest absolute Gasteiger partial charge is 0.325 e. The molecular formula is C19H29N3O3S. The summed E-state index contributed by atoms with van der Waals surface area (Å²) in [6, 6.07) is 6.32. The first-order valence-corrected chi connectivity index (χ1v) is 11.0. The van der Waals surface area contributed by atoms with Gasteiger partial charge in [0.1, 0.15) is 0 Å². The van der Waals surface area contributed by atoms with Crippen LogP contribution in [-0.4, -0.2) is 55.8 Å². The maximum Gasteiger partial charge on any atom is 0.243 e. The SMILES string of the molecule is CC1CCCN(C(C)C(=O)Nc2ccc(S(=O)(=O)N3CCCC3)cc2)C1. The summed E-state index contributed by atoms with van der Waals surface area (Å²) >= 11 is 0. The fourth-order valence-corrected chi connectivity index (χ4v) is 5.29. The highest BCUT2D eigenvalue weighted by Crippen LogP contribution is 2.23. The maximum absolute atomic E-state index is 12.5. The first-order valence-electron chi connectivity index (χ1n) is 9.53. The van der Waals surface area contributed by atoms with Gasteiger partial charge < -0.3 is 5.32 Å². The van der Waals surface area contributed by atoms with E-state index in [0.717, 1.165) is 32.4 Å². The average Bonchev–Trinajstić information content (AvgIpc) is 3.17. The topological polar surface area (TPSA) is 69.7 Å². The van der Waals surface area contributed by atoms with Crippen molar-refractivity contribution in [3.8, 4) is 0 Å². The normalized spacial score (nSPS) is 23.7. The highest BCUT2D eigenvalue weighted by molar-refractivity contribution is 7.89. The molecular weight excluding hydrogens is 350 g/mol. The van der Waals surface area contributed by atoms with Crippen molar-refractivity contribution in [2.45, 2.75) is 50.5 Å². The second-order valence-corrected chi connectivity index (χ2v) is 9.48. The molecule has 7 heteroatoms. The van der Waals surface area contributed by atoms with E-state index in [1.54, 1.807) is 24.3 Å². The van der Waals surface area contributed by atoms with Gasteiger partial charge in [-0.15, -0.1) is 0 Å². The van der Waals surface area contributed by atoms with Crippen molar-refractivity contribution in [3.63, 3.8) is 0 Å². The smallest absolute Gasteiger partial charge is 0.243 e. The maximum atomic E-state index is 12.5. The Labute approximate surface area is 156 Å². The molecule has 1 N–H and O–H groups in total. The van der Waals surface area contributed by atoms with E-state index in [0.29, 0.717) is 24.7 Å². The summed E-state index contributed by atoms with van der Waals surface area (Å²) in [5.74, 6) is 0.573. The van der Waals surface area contributed by atoms with Crippen molar-refractivity contribution in [2.24, 2.45) is 5.92 Å². The van der Waals surface area contributed by atoms with Gasteiger partial charge in [-0.3, -0.25) is 9.69 Å². The first kappa shape index (κ1) is 19.3. The number of anilines is 1. The monoisotopic (exact) mass is 379 g/mol. The lowest BCUT2D eigenvalue weighted by atomic mass is 9.99. The molecule has 0 bridgehead atoms. The fourth-order valence-electron chi connectivity index (χ4n) is 3.78. The Morgan fingerprint density at radius 3 is 2.38 bits per heavy atom. The molecule has 144 valence electrons. The van der Waals surface area contributed by atoms with Gasteiger partial charge in [0, 0.05) is 25.3 Å². The molecule has 0 aliphatic carbocycles. The van der Waals surface area contributed by atoms with Gasteiger partial charge in [0.15, 0.2) is 0 Å². The summed E-state index contributed by atoms with van der Waals surface area (Å²) in [6.07, 6.45) is 4.18. The van der Waals surface area contributed by atoms with Gasteiger partial charge in [0.25, 0.3) is 0 Å². The zero-order valence-corrected chi connectivity index (χ0v) is 16.5. The van der Waals surface area contributed by atoms with Crippen molar-refractivity contribution < 1.29 is 13.2 Å². The van der Waals surface area contributed by atoms with Crippen LogP contribution in [0, 0.1) is 5.92 Å². The summed E-state index contributed by atoms with van der Waals surface area (Å²) < 4.78 is 26.6. The molecule has 0 saturated carbocycles. The van der Waals surface area contributed by atoms with Gasteiger partial charge in [0.2, 0.25) is 15.9 Å². The van der Waals surface area contributed by atoms with E-state index in [1.165, 1.54) is 10.7 Å². The third-order valence-corrected chi connectivity index (χ3v) is 7.35. The molecule has 2 fully saturated rings. The zero-order valence-electron chi connectivity index (χ0n) is 15.6. The van der Waals surface area contributed by atoms with Gasteiger partial charge in [0.05, 0.1) is 10.9 Å². The molecule has 2 atom stereocenters. The molecule has 2 aliphatic rings. The zero-order chi connectivity index (χ0) is 18.7. The predicted octanol–water partition coefficient (Wildman–Crippen LogP) is 2.53. The van der Waals surface area contributed by atoms with Crippen LogP contribution in [0.15, 0.2) is 29.2 Å². The van der Waals surface area contributed by atoms with Crippen molar-refractivity contribution in [2.75, 3.05) is 31.5 Å². The van der Waals surface area contributed by atoms with Crippen LogP contribution in [0.2, 0.25) is 0 Å². The molecule has 1 amide bonds.